The molecular formula is C13H15F2NO3. The van der Waals surface area contributed by atoms with Crippen LogP contribution >= 0.6 is 0 Å². The zero-order valence-electron chi connectivity index (χ0n) is 10.5. The minimum Gasteiger partial charge on any atom is -0.481 e. The first-order valence-electron chi connectivity index (χ1n) is 5.84. The van der Waals surface area contributed by atoms with Gasteiger partial charge in [0.05, 0.1) is 6.42 Å². The molecule has 0 aromatic heterocycles. The molecule has 19 heavy (non-hydrogen) atoms. The summed E-state index contributed by atoms with van der Waals surface area (Å²) >= 11 is 0. The van der Waals surface area contributed by atoms with Gasteiger partial charge in [-0.1, -0.05) is 12.1 Å². The largest absolute Gasteiger partial charge is 0.481 e. The number of carboxylic acids is 1. The predicted molar refractivity (Wildman–Crippen MR) is 64.5 cm³/mol. The molecule has 0 spiro atoms. The van der Waals surface area contributed by atoms with Crippen LogP contribution in [0.3, 0.4) is 0 Å². The molecule has 1 aromatic carbocycles. The van der Waals surface area contributed by atoms with Crippen LogP contribution in [0.15, 0.2) is 18.2 Å². The summed E-state index contributed by atoms with van der Waals surface area (Å²) < 4.78 is 26.2. The van der Waals surface area contributed by atoms with Gasteiger partial charge in [-0.25, -0.2) is 8.78 Å². The monoisotopic (exact) mass is 271 g/mol. The van der Waals surface area contributed by atoms with Gasteiger partial charge in [-0.2, -0.15) is 0 Å². The average Bonchev–Trinajstić information content (AvgIpc) is 2.30. The highest BCUT2D eigenvalue weighted by molar-refractivity contribution is 5.77. The maximum Gasteiger partial charge on any atom is 0.305 e. The summed E-state index contributed by atoms with van der Waals surface area (Å²) in [5.41, 5.74) is 0.126. The Morgan fingerprint density at radius 3 is 2.68 bits per heavy atom. The Morgan fingerprint density at radius 2 is 2.05 bits per heavy atom. The lowest BCUT2D eigenvalue weighted by molar-refractivity contribution is -0.137. The van der Waals surface area contributed by atoms with Gasteiger partial charge in [-0.05, 0) is 25.0 Å². The van der Waals surface area contributed by atoms with Crippen molar-refractivity contribution in [1.82, 2.24) is 5.32 Å². The molecule has 0 bridgehead atoms. The summed E-state index contributed by atoms with van der Waals surface area (Å²) in [5.74, 6) is -3.30. The van der Waals surface area contributed by atoms with E-state index in [1.165, 1.54) is 12.1 Å². The highest BCUT2D eigenvalue weighted by Gasteiger charge is 2.13. The number of carboxylic acid groups (broad SMARTS) is 1. The molecule has 1 rings (SSSR count). The second kappa shape index (κ2) is 6.82. The van der Waals surface area contributed by atoms with Crippen molar-refractivity contribution in [3.8, 4) is 0 Å². The number of benzene rings is 1. The fraction of sp³-hybridized carbons (Fsp3) is 0.385. The third-order valence-electron chi connectivity index (χ3n) is 2.54. The predicted octanol–water partition coefficient (Wildman–Crippen LogP) is 1.88. The van der Waals surface area contributed by atoms with Crippen molar-refractivity contribution in [3.63, 3.8) is 0 Å². The van der Waals surface area contributed by atoms with Crippen molar-refractivity contribution in [2.24, 2.45) is 0 Å². The van der Waals surface area contributed by atoms with Gasteiger partial charge in [0, 0.05) is 12.5 Å². The van der Waals surface area contributed by atoms with Gasteiger partial charge >= 0.3 is 5.97 Å². The zero-order chi connectivity index (χ0) is 14.4. The van der Waals surface area contributed by atoms with Crippen LogP contribution in [0.4, 0.5) is 8.78 Å². The summed E-state index contributed by atoms with van der Waals surface area (Å²) in [7, 11) is 0. The number of rotatable bonds is 6. The van der Waals surface area contributed by atoms with E-state index in [1.807, 2.05) is 0 Å². The number of hydrogen-bond donors (Lipinski definition) is 2. The first-order valence-corrected chi connectivity index (χ1v) is 5.84. The van der Waals surface area contributed by atoms with Crippen LogP contribution < -0.4 is 5.32 Å². The van der Waals surface area contributed by atoms with E-state index in [2.05, 4.69) is 5.32 Å². The number of carbonyl (C=O) groups excluding carboxylic acids is 1. The molecule has 2 N–H and O–H groups in total. The number of aryl methyl sites for hydroxylation is 1. The van der Waals surface area contributed by atoms with E-state index in [0.29, 0.717) is 0 Å². The van der Waals surface area contributed by atoms with E-state index in [0.717, 1.165) is 6.07 Å². The molecule has 1 amide bonds. The van der Waals surface area contributed by atoms with Crippen LogP contribution in [-0.4, -0.2) is 23.0 Å². The van der Waals surface area contributed by atoms with E-state index < -0.39 is 29.6 Å². The van der Waals surface area contributed by atoms with Gasteiger partial charge in [0.25, 0.3) is 0 Å². The minimum atomic E-state index is -1.01. The maximum absolute atomic E-state index is 13.3. The molecule has 0 fully saturated rings. The highest BCUT2D eigenvalue weighted by Crippen LogP contribution is 2.13. The molecule has 1 atom stereocenters. The quantitative estimate of drug-likeness (QED) is 0.830. The molecule has 0 saturated carbocycles. The van der Waals surface area contributed by atoms with Gasteiger partial charge in [0.2, 0.25) is 5.91 Å². The van der Waals surface area contributed by atoms with E-state index >= 15 is 0 Å². The van der Waals surface area contributed by atoms with E-state index in [9.17, 15) is 18.4 Å². The normalized spacial score (nSPS) is 11.9. The zero-order valence-corrected chi connectivity index (χ0v) is 10.5. The van der Waals surface area contributed by atoms with Crippen LogP contribution in [0.1, 0.15) is 25.3 Å². The standard InChI is InChI=1S/C13H15F2NO3/c1-8(7-12(18)19)16-11(17)6-5-9-3-2-4-10(14)13(9)15/h2-4,8H,5-7H2,1H3,(H,16,17)(H,18,19). The smallest absolute Gasteiger partial charge is 0.305 e. The van der Waals surface area contributed by atoms with Gasteiger partial charge in [-0.15, -0.1) is 0 Å². The summed E-state index contributed by atoms with van der Waals surface area (Å²) in [5, 5.41) is 11.0. The molecular weight excluding hydrogens is 256 g/mol. The molecule has 1 unspecified atom stereocenters. The summed E-state index contributed by atoms with van der Waals surface area (Å²) in [6, 6.07) is 3.29. The lowest BCUT2D eigenvalue weighted by Gasteiger charge is -2.11. The number of hydrogen-bond acceptors (Lipinski definition) is 2. The Kier molecular flexibility index (Phi) is 5.41. The topological polar surface area (TPSA) is 66.4 Å². The molecule has 1 aromatic rings. The lowest BCUT2D eigenvalue weighted by Crippen LogP contribution is -2.34. The van der Waals surface area contributed by atoms with Crippen LogP contribution in [0.2, 0.25) is 0 Å². The number of aliphatic carboxylic acids is 1. The first kappa shape index (κ1) is 15.1. The van der Waals surface area contributed by atoms with Gasteiger partial charge in [0.15, 0.2) is 11.6 Å². The van der Waals surface area contributed by atoms with Crippen molar-refractivity contribution in [1.29, 1.82) is 0 Å². The fourth-order valence-corrected chi connectivity index (χ4v) is 1.65. The van der Waals surface area contributed by atoms with Crippen LogP contribution in [0, 0.1) is 11.6 Å². The Balaban J connectivity index is 2.46. The summed E-state index contributed by atoms with van der Waals surface area (Å²) in [4.78, 5) is 21.9. The SMILES string of the molecule is CC(CC(=O)O)NC(=O)CCc1cccc(F)c1F. The summed E-state index contributed by atoms with van der Waals surface area (Å²) in [6.07, 6.45) is -0.139. The maximum atomic E-state index is 13.3. The van der Waals surface area contributed by atoms with Crippen LogP contribution in [0.25, 0.3) is 0 Å². The van der Waals surface area contributed by atoms with Gasteiger partial charge in [0.1, 0.15) is 0 Å². The van der Waals surface area contributed by atoms with Crippen molar-refractivity contribution in [3.05, 3.63) is 35.4 Å². The number of carbonyl (C=O) groups is 2. The van der Waals surface area contributed by atoms with Gasteiger partial charge < -0.3 is 10.4 Å². The molecule has 0 heterocycles. The lowest BCUT2D eigenvalue weighted by atomic mass is 10.1. The molecule has 0 radical (unpaired) electrons. The molecule has 0 aliphatic rings. The van der Waals surface area contributed by atoms with Gasteiger partial charge in [-0.3, -0.25) is 9.59 Å². The number of amides is 1. The fourth-order valence-electron chi connectivity index (χ4n) is 1.65. The van der Waals surface area contributed by atoms with E-state index in [-0.39, 0.29) is 24.8 Å². The van der Waals surface area contributed by atoms with Crippen LogP contribution in [-0.2, 0) is 16.0 Å². The van der Waals surface area contributed by atoms with E-state index in [1.54, 1.807) is 6.92 Å². The molecule has 4 nitrogen and oxygen atoms in total. The summed E-state index contributed by atoms with van der Waals surface area (Å²) in [6.45, 7) is 1.56. The molecule has 0 aliphatic carbocycles. The second-order valence-corrected chi connectivity index (χ2v) is 4.28. The third kappa shape index (κ3) is 5.03. The Morgan fingerprint density at radius 1 is 1.37 bits per heavy atom. The molecule has 104 valence electrons. The Hall–Kier alpha value is -1.98. The van der Waals surface area contributed by atoms with Crippen molar-refractivity contribution in [2.75, 3.05) is 0 Å². The highest BCUT2D eigenvalue weighted by atomic mass is 19.2. The number of halogens is 2. The second-order valence-electron chi connectivity index (χ2n) is 4.28. The molecule has 6 heteroatoms. The minimum absolute atomic E-state index is 0.0235. The first-order chi connectivity index (χ1) is 8.90. The molecule has 0 saturated heterocycles. The van der Waals surface area contributed by atoms with Crippen molar-refractivity contribution < 1.29 is 23.5 Å². The molecule has 0 aliphatic heterocycles. The Bertz CT molecular complexity index is 477. The van der Waals surface area contributed by atoms with Crippen molar-refractivity contribution in [2.45, 2.75) is 32.2 Å². The van der Waals surface area contributed by atoms with Crippen molar-refractivity contribution >= 4 is 11.9 Å². The van der Waals surface area contributed by atoms with Crippen LogP contribution in [0.5, 0.6) is 0 Å². The van der Waals surface area contributed by atoms with E-state index in [4.69, 9.17) is 5.11 Å². The number of nitrogens with one attached hydrogen (secondary N) is 1. The third-order valence-corrected chi connectivity index (χ3v) is 2.54. The average molecular weight is 271 g/mol. The Labute approximate surface area is 109 Å².